The SMILES string of the molecule is C/C=C/C(O)(C#C[Si](C)(C)C(C)(C)C)/C=C/c1ccccc1. The Kier molecular flexibility index (Phi) is 5.99. The van der Waals surface area contributed by atoms with E-state index in [0.717, 1.165) is 5.56 Å². The maximum Gasteiger partial charge on any atom is 0.162 e. The standard InChI is InChI=1S/C20H28OSi/c1-7-14-20(21,15-13-18-11-9-8-10-12-18)16-17-22(5,6)19(2,3)4/h7-15,21H,1-6H3/b14-7+,15-13+. The van der Waals surface area contributed by atoms with Crippen molar-refractivity contribution < 1.29 is 5.11 Å². The number of aliphatic hydroxyl groups is 1. The third-order valence-corrected chi connectivity index (χ3v) is 8.70. The van der Waals surface area contributed by atoms with Gasteiger partial charge in [0, 0.05) is 0 Å². The van der Waals surface area contributed by atoms with Crippen molar-refractivity contribution in [2.75, 3.05) is 0 Å². The number of benzene rings is 1. The number of hydrogen-bond donors (Lipinski definition) is 1. The monoisotopic (exact) mass is 312 g/mol. The molecule has 22 heavy (non-hydrogen) atoms. The molecule has 1 nitrogen and oxygen atoms in total. The normalized spacial score (nSPS) is 15.6. The van der Waals surface area contributed by atoms with Crippen LogP contribution in [0.4, 0.5) is 0 Å². The molecule has 0 aliphatic carbocycles. The average molecular weight is 313 g/mol. The van der Waals surface area contributed by atoms with Gasteiger partial charge in [0.2, 0.25) is 0 Å². The highest BCUT2D eigenvalue weighted by molar-refractivity contribution is 6.87. The van der Waals surface area contributed by atoms with Crippen LogP contribution in [-0.4, -0.2) is 18.8 Å². The van der Waals surface area contributed by atoms with E-state index >= 15 is 0 Å². The minimum Gasteiger partial charge on any atom is -0.370 e. The zero-order chi connectivity index (χ0) is 16.9. The van der Waals surface area contributed by atoms with Gasteiger partial charge in [0.15, 0.2) is 5.60 Å². The van der Waals surface area contributed by atoms with Crippen molar-refractivity contribution in [2.45, 2.75) is 51.4 Å². The Balaban J connectivity index is 3.11. The van der Waals surface area contributed by atoms with Crippen LogP contribution in [0.3, 0.4) is 0 Å². The summed E-state index contributed by atoms with van der Waals surface area (Å²) >= 11 is 0. The molecule has 0 aromatic heterocycles. The molecule has 1 rings (SSSR count). The van der Waals surface area contributed by atoms with Crippen molar-refractivity contribution in [1.29, 1.82) is 0 Å². The summed E-state index contributed by atoms with van der Waals surface area (Å²) in [6.45, 7) is 13.1. The molecule has 0 aliphatic rings. The van der Waals surface area contributed by atoms with Gasteiger partial charge in [-0.05, 0) is 29.7 Å². The van der Waals surface area contributed by atoms with E-state index < -0.39 is 13.7 Å². The quantitative estimate of drug-likeness (QED) is 0.470. The smallest absolute Gasteiger partial charge is 0.162 e. The molecular formula is C20H28OSi. The molecule has 0 bridgehead atoms. The highest BCUT2D eigenvalue weighted by Crippen LogP contribution is 2.35. The second-order valence-electron chi connectivity index (χ2n) is 7.19. The molecule has 0 saturated heterocycles. The van der Waals surface area contributed by atoms with E-state index in [1.54, 1.807) is 12.2 Å². The summed E-state index contributed by atoms with van der Waals surface area (Å²) in [6.07, 6.45) is 7.27. The van der Waals surface area contributed by atoms with E-state index in [9.17, 15) is 5.11 Å². The summed E-state index contributed by atoms with van der Waals surface area (Å²) in [5.74, 6) is 3.11. The Morgan fingerprint density at radius 2 is 1.64 bits per heavy atom. The largest absolute Gasteiger partial charge is 0.370 e. The van der Waals surface area contributed by atoms with E-state index in [1.165, 1.54) is 0 Å². The number of rotatable bonds is 3. The highest BCUT2D eigenvalue weighted by Gasteiger charge is 2.34. The van der Waals surface area contributed by atoms with Gasteiger partial charge in [-0.3, -0.25) is 0 Å². The van der Waals surface area contributed by atoms with Crippen LogP contribution in [0, 0.1) is 11.5 Å². The lowest BCUT2D eigenvalue weighted by atomic mass is 10.0. The third-order valence-electron chi connectivity index (χ3n) is 4.20. The van der Waals surface area contributed by atoms with Crippen LogP contribution in [0.15, 0.2) is 48.6 Å². The summed E-state index contributed by atoms with van der Waals surface area (Å²) in [4.78, 5) is 0. The van der Waals surface area contributed by atoms with Crippen molar-refractivity contribution in [3.63, 3.8) is 0 Å². The fourth-order valence-corrected chi connectivity index (χ4v) is 2.51. The fraction of sp³-hybridized carbons (Fsp3) is 0.400. The molecule has 1 aromatic rings. The molecule has 1 N–H and O–H groups in total. The van der Waals surface area contributed by atoms with Gasteiger partial charge in [-0.2, -0.15) is 0 Å². The van der Waals surface area contributed by atoms with E-state index in [4.69, 9.17) is 0 Å². The van der Waals surface area contributed by atoms with Gasteiger partial charge in [-0.1, -0.05) is 82.3 Å². The number of hydrogen-bond acceptors (Lipinski definition) is 1. The first kappa shape index (κ1) is 18.5. The molecule has 0 fully saturated rings. The predicted molar refractivity (Wildman–Crippen MR) is 100 cm³/mol. The van der Waals surface area contributed by atoms with Crippen LogP contribution in [-0.2, 0) is 0 Å². The Labute approximate surface area is 136 Å². The molecule has 0 saturated carbocycles. The lowest BCUT2D eigenvalue weighted by Crippen LogP contribution is -2.36. The van der Waals surface area contributed by atoms with Crippen molar-refractivity contribution in [3.8, 4) is 11.5 Å². The topological polar surface area (TPSA) is 20.2 Å². The van der Waals surface area contributed by atoms with Crippen molar-refractivity contribution in [3.05, 3.63) is 54.1 Å². The van der Waals surface area contributed by atoms with Gasteiger partial charge in [-0.15, -0.1) is 5.54 Å². The molecule has 0 aliphatic heterocycles. The maximum absolute atomic E-state index is 10.8. The highest BCUT2D eigenvalue weighted by atomic mass is 28.3. The molecule has 0 heterocycles. The van der Waals surface area contributed by atoms with Gasteiger partial charge in [0.1, 0.15) is 8.07 Å². The first-order valence-electron chi connectivity index (χ1n) is 7.74. The summed E-state index contributed by atoms with van der Waals surface area (Å²) in [6, 6.07) is 9.96. The van der Waals surface area contributed by atoms with Crippen LogP contribution in [0.1, 0.15) is 33.3 Å². The van der Waals surface area contributed by atoms with Crippen LogP contribution < -0.4 is 0 Å². The minimum atomic E-state index is -1.74. The van der Waals surface area contributed by atoms with Crippen LogP contribution in [0.25, 0.3) is 6.08 Å². The molecule has 0 spiro atoms. The van der Waals surface area contributed by atoms with Crippen molar-refractivity contribution in [1.82, 2.24) is 0 Å². The van der Waals surface area contributed by atoms with E-state index in [1.807, 2.05) is 49.4 Å². The second kappa shape index (κ2) is 7.13. The summed E-state index contributed by atoms with van der Waals surface area (Å²) in [7, 11) is -1.74. The molecule has 1 unspecified atom stereocenters. The Hall–Kier alpha value is -1.56. The molecular weight excluding hydrogens is 284 g/mol. The number of allylic oxidation sites excluding steroid dienone is 1. The first-order valence-corrected chi connectivity index (χ1v) is 10.7. The van der Waals surface area contributed by atoms with E-state index in [2.05, 4.69) is 45.3 Å². The van der Waals surface area contributed by atoms with Crippen molar-refractivity contribution in [2.24, 2.45) is 0 Å². The summed E-state index contributed by atoms with van der Waals surface area (Å²) < 4.78 is 0. The molecule has 1 aromatic carbocycles. The van der Waals surface area contributed by atoms with E-state index in [0.29, 0.717) is 0 Å². The zero-order valence-corrected chi connectivity index (χ0v) is 15.6. The van der Waals surface area contributed by atoms with Gasteiger partial charge in [-0.25, -0.2) is 0 Å². The second-order valence-corrected chi connectivity index (χ2v) is 12.2. The van der Waals surface area contributed by atoms with Crippen LogP contribution in [0.2, 0.25) is 18.1 Å². The Bertz CT molecular complexity index is 594. The van der Waals surface area contributed by atoms with Gasteiger partial charge < -0.3 is 5.11 Å². The molecule has 1 atom stereocenters. The molecule has 118 valence electrons. The lowest BCUT2D eigenvalue weighted by Gasteiger charge is -2.32. The van der Waals surface area contributed by atoms with E-state index in [-0.39, 0.29) is 5.04 Å². The Morgan fingerprint density at radius 3 is 2.14 bits per heavy atom. The fourth-order valence-electron chi connectivity index (χ4n) is 1.62. The minimum absolute atomic E-state index is 0.181. The maximum atomic E-state index is 10.8. The van der Waals surface area contributed by atoms with Crippen LogP contribution in [0.5, 0.6) is 0 Å². The summed E-state index contributed by atoms with van der Waals surface area (Å²) in [5.41, 5.74) is 3.24. The molecule has 2 heteroatoms. The third kappa shape index (κ3) is 5.33. The lowest BCUT2D eigenvalue weighted by molar-refractivity contribution is 0.205. The first-order chi connectivity index (χ1) is 10.1. The van der Waals surface area contributed by atoms with Gasteiger partial charge in [0.25, 0.3) is 0 Å². The molecule has 0 radical (unpaired) electrons. The predicted octanol–water partition coefficient (Wildman–Crippen LogP) is 5.06. The van der Waals surface area contributed by atoms with Crippen molar-refractivity contribution >= 4 is 14.1 Å². The zero-order valence-electron chi connectivity index (χ0n) is 14.6. The van der Waals surface area contributed by atoms with Gasteiger partial charge >= 0.3 is 0 Å². The Morgan fingerprint density at radius 1 is 1.05 bits per heavy atom. The molecule has 0 amide bonds. The van der Waals surface area contributed by atoms with Gasteiger partial charge in [0.05, 0.1) is 0 Å². The average Bonchev–Trinajstić information content (AvgIpc) is 2.44. The van der Waals surface area contributed by atoms with Crippen LogP contribution >= 0.6 is 0 Å². The summed E-state index contributed by atoms with van der Waals surface area (Å²) in [5, 5.41) is 11.0.